The molecule has 4 aromatic carbocycles. The largest absolute Gasteiger partial charge is 0.334 e. The first-order valence-electron chi connectivity index (χ1n) is 12.8. The van der Waals surface area contributed by atoms with E-state index in [9.17, 15) is 4.79 Å². The molecule has 0 radical (unpaired) electrons. The van der Waals surface area contributed by atoms with Gasteiger partial charge in [-0.1, -0.05) is 128 Å². The van der Waals surface area contributed by atoms with Crippen molar-refractivity contribution in [2.75, 3.05) is 6.54 Å². The topological polar surface area (TPSA) is 20.3 Å². The van der Waals surface area contributed by atoms with Gasteiger partial charge >= 0.3 is 0 Å². The van der Waals surface area contributed by atoms with Crippen LogP contribution in [0.4, 0.5) is 0 Å². The molecule has 0 aromatic heterocycles. The summed E-state index contributed by atoms with van der Waals surface area (Å²) in [4.78, 5) is 15.3. The fraction of sp³-hybridized carbons (Fsp3) is 0.206. The highest BCUT2D eigenvalue weighted by Crippen LogP contribution is 2.56. The molecule has 0 bridgehead atoms. The van der Waals surface area contributed by atoms with E-state index in [1.165, 1.54) is 16.7 Å². The van der Waals surface area contributed by atoms with Crippen LogP contribution in [0, 0.1) is 5.92 Å². The standard InChI is InChI=1S/C34H33NOS/c1-26-31(25-35(32(26)36)24-27-16-8-4-9-17-27)33(2,3)37-34(28-18-10-5-11-19-28,29-20-12-6-13-21-29)30-22-14-7-15-23-30/h4-23,31H,1,24-25H2,2-3H3. The highest BCUT2D eigenvalue weighted by Gasteiger charge is 2.49. The lowest BCUT2D eigenvalue weighted by molar-refractivity contribution is -0.125. The van der Waals surface area contributed by atoms with E-state index >= 15 is 0 Å². The van der Waals surface area contributed by atoms with Crippen molar-refractivity contribution in [3.8, 4) is 0 Å². The van der Waals surface area contributed by atoms with Crippen molar-refractivity contribution in [2.24, 2.45) is 5.92 Å². The molecule has 37 heavy (non-hydrogen) atoms. The molecule has 1 saturated heterocycles. The highest BCUT2D eigenvalue weighted by molar-refractivity contribution is 8.02. The van der Waals surface area contributed by atoms with Gasteiger partial charge in [0, 0.05) is 29.3 Å². The first kappa shape index (κ1) is 25.1. The Labute approximate surface area is 225 Å². The quantitative estimate of drug-likeness (QED) is 0.181. The van der Waals surface area contributed by atoms with Gasteiger partial charge in [-0.15, -0.1) is 11.8 Å². The summed E-state index contributed by atoms with van der Waals surface area (Å²) in [5.74, 6) is 0.0801. The first-order valence-corrected chi connectivity index (χ1v) is 13.6. The first-order chi connectivity index (χ1) is 17.9. The van der Waals surface area contributed by atoms with Gasteiger partial charge in [0.15, 0.2) is 0 Å². The lowest BCUT2D eigenvalue weighted by Gasteiger charge is -2.43. The molecule has 1 aliphatic heterocycles. The van der Waals surface area contributed by atoms with Gasteiger partial charge in [-0.3, -0.25) is 4.79 Å². The number of benzene rings is 4. The number of nitrogens with zero attached hydrogens (tertiary/aromatic N) is 1. The van der Waals surface area contributed by atoms with Gasteiger partial charge in [0.1, 0.15) is 0 Å². The molecular weight excluding hydrogens is 470 g/mol. The molecule has 3 heteroatoms. The van der Waals surface area contributed by atoms with Crippen molar-refractivity contribution in [3.05, 3.63) is 156 Å². The maximum absolute atomic E-state index is 13.4. The Morgan fingerprint density at radius 2 is 1.14 bits per heavy atom. The zero-order valence-corrected chi connectivity index (χ0v) is 22.3. The minimum atomic E-state index is -0.455. The van der Waals surface area contributed by atoms with Crippen LogP contribution in [0.1, 0.15) is 36.1 Å². The third-order valence-corrected chi connectivity index (χ3v) is 9.22. The third kappa shape index (κ3) is 4.89. The molecule has 1 aliphatic rings. The van der Waals surface area contributed by atoms with Crippen LogP contribution in [0.15, 0.2) is 133 Å². The van der Waals surface area contributed by atoms with E-state index in [-0.39, 0.29) is 16.6 Å². The van der Waals surface area contributed by atoms with E-state index in [2.05, 4.69) is 124 Å². The van der Waals surface area contributed by atoms with Crippen LogP contribution in [0.25, 0.3) is 0 Å². The zero-order valence-electron chi connectivity index (χ0n) is 21.5. The average molecular weight is 504 g/mol. The summed E-state index contributed by atoms with van der Waals surface area (Å²) in [6, 6.07) is 42.4. The summed E-state index contributed by atoms with van der Waals surface area (Å²) in [7, 11) is 0. The molecule has 1 fully saturated rings. The summed E-state index contributed by atoms with van der Waals surface area (Å²) < 4.78 is -0.747. The molecule has 1 unspecified atom stereocenters. The zero-order chi connectivity index (χ0) is 25.9. The van der Waals surface area contributed by atoms with E-state index < -0.39 is 4.75 Å². The van der Waals surface area contributed by atoms with E-state index in [1.807, 2.05) is 34.9 Å². The Morgan fingerprint density at radius 3 is 1.57 bits per heavy atom. The number of amides is 1. The molecule has 1 heterocycles. The molecule has 186 valence electrons. The smallest absolute Gasteiger partial charge is 0.249 e. The maximum atomic E-state index is 13.4. The molecule has 0 saturated carbocycles. The van der Waals surface area contributed by atoms with Crippen LogP contribution < -0.4 is 0 Å². The molecule has 4 aromatic rings. The number of hydrogen-bond donors (Lipinski definition) is 0. The summed E-state index contributed by atoms with van der Waals surface area (Å²) in [5.41, 5.74) is 5.52. The van der Waals surface area contributed by atoms with Crippen molar-refractivity contribution in [3.63, 3.8) is 0 Å². The predicted octanol–water partition coefficient (Wildman–Crippen LogP) is 7.71. The number of likely N-dealkylation sites (tertiary alicyclic amines) is 1. The van der Waals surface area contributed by atoms with E-state index in [4.69, 9.17) is 0 Å². The Bertz CT molecular complexity index is 1250. The lowest BCUT2D eigenvalue weighted by atomic mass is 9.84. The molecule has 2 nitrogen and oxygen atoms in total. The second-order valence-electron chi connectivity index (χ2n) is 10.2. The van der Waals surface area contributed by atoms with Crippen LogP contribution in [0.5, 0.6) is 0 Å². The molecule has 0 aliphatic carbocycles. The molecular formula is C34H33NOS. The molecule has 5 rings (SSSR count). The summed E-state index contributed by atoms with van der Waals surface area (Å²) in [6.07, 6.45) is 0. The van der Waals surface area contributed by atoms with Crippen LogP contribution in [0.2, 0.25) is 0 Å². The fourth-order valence-electron chi connectivity index (χ4n) is 5.51. The third-order valence-electron chi connectivity index (χ3n) is 7.40. The monoisotopic (exact) mass is 503 g/mol. The van der Waals surface area contributed by atoms with Gasteiger partial charge in [-0.05, 0) is 36.1 Å². The number of carbonyl (C=O) groups is 1. The lowest BCUT2D eigenvalue weighted by Crippen LogP contribution is -2.38. The van der Waals surface area contributed by atoms with Gasteiger partial charge in [0.05, 0.1) is 4.75 Å². The van der Waals surface area contributed by atoms with Gasteiger partial charge in [0.2, 0.25) is 5.91 Å². The van der Waals surface area contributed by atoms with Gasteiger partial charge in [-0.25, -0.2) is 0 Å². The average Bonchev–Trinajstić information content (AvgIpc) is 3.23. The minimum absolute atomic E-state index is 0.0178. The van der Waals surface area contributed by atoms with Crippen molar-refractivity contribution >= 4 is 17.7 Å². The summed E-state index contributed by atoms with van der Waals surface area (Å²) >= 11 is 1.93. The van der Waals surface area contributed by atoms with E-state index in [1.54, 1.807) is 0 Å². The highest BCUT2D eigenvalue weighted by atomic mass is 32.2. The number of hydrogen-bond acceptors (Lipinski definition) is 2. The summed E-state index contributed by atoms with van der Waals surface area (Å²) in [5, 5.41) is 0. The summed E-state index contributed by atoms with van der Waals surface area (Å²) in [6.45, 7) is 10.1. The Balaban J connectivity index is 1.57. The molecule has 1 atom stereocenters. The van der Waals surface area contributed by atoms with Gasteiger partial charge < -0.3 is 4.90 Å². The minimum Gasteiger partial charge on any atom is -0.334 e. The second kappa shape index (κ2) is 10.4. The predicted molar refractivity (Wildman–Crippen MR) is 155 cm³/mol. The van der Waals surface area contributed by atoms with Crippen molar-refractivity contribution < 1.29 is 4.79 Å². The normalized spacial score (nSPS) is 16.3. The molecule has 1 amide bonds. The fourth-order valence-corrected chi connectivity index (χ4v) is 7.42. The van der Waals surface area contributed by atoms with Crippen molar-refractivity contribution in [2.45, 2.75) is 29.9 Å². The van der Waals surface area contributed by atoms with Gasteiger partial charge in [-0.2, -0.15) is 0 Å². The molecule has 0 spiro atoms. The SMILES string of the molecule is C=C1C(=O)N(Cc2ccccc2)CC1C(C)(C)SC(c1ccccc1)(c1ccccc1)c1ccccc1. The molecule has 0 N–H and O–H groups in total. The number of rotatable bonds is 8. The van der Waals surface area contributed by atoms with Crippen LogP contribution >= 0.6 is 11.8 Å². The number of thioether (sulfide) groups is 1. The van der Waals surface area contributed by atoms with E-state index in [0.717, 1.165) is 5.56 Å². The Kier molecular flexibility index (Phi) is 7.08. The van der Waals surface area contributed by atoms with E-state index in [0.29, 0.717) is 18.7 Å². The Morgan fingerprint density at radius 1 is 0.730 bits per heavy atom. The van der Waals surface area contributed by atoms with Crippen LogP contribution in [-0.4, -0.2) is 22.1 Å². The maximum Gasteiger partial charge on any atom is 0.249 e. The van der Waals surface area contributed by atoms with Crippen LogP contribution in [-0.2, 0) is 16.1 Å². The van der Waals surface area contributed by atoms with Crippen LogP contribution in [0.3, 0.4) is 0 Å². The van der Waals surface area contributed by atoms with Crippen molar-refractivity contribution in [1.82, 2.24) is 4.90 Å². The Hall–Kier alpha value is -3.56. The second-order valence-corrected chi connectivity index (χ2v) is 12.1. The van der Waals surface area contributed by atoms with Gasteiger partial charge in [0.25, 0.3) is 0 Å². The number of carbonyl (C=O) groups excluding carboxylic acids is 1. The van der Waals surface area contributed by atoms with Crippen molar-refractivity contribution in [1.29, 1.82) is 0 Å².